The third-order valence-corrected chi connectivity index (χ3v) is 0.737. The van der Waals surface area contributed by atoms with Crippen LogP contribution in [0.1, 0.15) is 0 Å². The quantitative estimate of drug-likeness (QED) is 0.470. The minimum Gasteiger partial charge on any atom is -0.388 e. The van der Waals surface area contributed by atoms with Gasteiger partial charge in [-0.1, -0.05) is 0 Å². The Bertz CT molecular complexity index is 117. The standard InChI is InChI=1S/C4H6N2O/c7-3-4-5-1-2-6-4/h1,7H,2-3H2. The third kappa shape index (κ3) is 0.838. The van der Waals surface area contributed by atoms with Crippen molar-refractivity contribution in [3.63, 3.8) is 0 Å². The zero-order valence-corrected chi connectivity index (χ0v) is 3.83. The number of rotatable bonds is 1. The van der Waals surface area contributed by atoms with Gasteiger partial charge in [0.1, 0.15) is 12.4 Å². The van der Waals surface area contributed by atoms with Gasteiger partial charge in [-0.3, -0.25) is 4.99 Å². The molecule has 0 amide bonds. The van der Waals surface area contributed by atoms with Crippen molar-refractivity contribution >= 4 is 12.1 Å². The fraction of sp³-hybridized carbons (Fsp3) is 0.500. The molecule has 0 bridgehead atoms. The minimum atomic E-state index is -0.0313. The lowest BCUT2D eigenvalue weighted by atomic mass is 10.7. The number of hydrogen-bond donors (Lipinski definition) is 1. The zero-order chi connectivity index (χ0) is 5.11. The predicted octanol–water partition coefficient (Wildman–Crippen LogP) is -0.538. The normalized spacial score (nSPS) is 17.6. The molecular formula is C4H6N2O. The summed E-state index contributed by atoms with van der Waals surface area (Å²) in [6.07, 6.45) is 1.67. The van der Waals surface area contributed by atoms with E-state index in [1.54, 1.807) is 6.21 Å². The van der Waals surface area contributed by atoms with Gasteiger partial charge in [-0.05, 0) is 0 Å². The number of aliphatic hydroxyl groups excluding tert-OH is 1. The molecule has 3 nitrogen and oxygen atoms in total. The number of nitrogens with zero attached hydrogens (tertiary/aromatic N) is 2. The largest absolute Gasteiger partial charge is 0.388 e. The Hall–Kier alpha value is -0.700. The Morgan fingerprint density at radius 3 is 3.00 bits per heavy atom. The summed E-state index contributed by atoms with van der Waals surface area (Å²) in [5.74, 6) is 0.542. The second kappa shape index (κ2) is 1.84. The maximum Gasteiger partial charge on any atom is 0.149 e. The van der Waals surface area contributed by atoms with Crippen LogP contribution < -0.4 is 0 Å². The lowest BCUT2D eigenvalue weighted by Gasteiger charge is -1.81. The monoisotopic (exact) mass is 98.0 g/mol. The summed E-state index contributed by atoms with van der Waals surface area (Å²) in [6.45, 7) is 0.604. The molecule has 0 aromatic heterocycles. The molecule has 1 N–H and O–H groups in total. The predicted molar refractivity (Wildman–Crippen MR) is 27.9 cm³/mol. The molecule has 1 aliphatic rings. The van der Waals surface area contributed by atoms with E-state index in [1.807, 2.05) is 0 Å². The van der Waals surface area contributed by atoms with E-state index in [0.29, 0.717) is 12.4 Å². The molecule has 0 spiro atoms. The highest BCUT2D eigenvalue weighted by Gasteiger charge is 1.94. The summed E-state index contributed by atoms with van der Waals surface area (Å²) >= 11 is 0. The molecule has 0 saturated carbocycles. The van der Waals surface area contributed by atoms with Crippen molar-refractivity contribution in [2.45, 2.75) is 0 Å². The summed E-state index contributed by atoms with van der Waals surface area (Å²) in [4.78, 5) is 7.53. The van der Waals surface area contributed by atoms with Crippen LogP contribution in [-0.2, 0) is 0 Å². The van der Waals surface area contributed by atoms with E-state index >= 15 is 0 Å². The molecule has 0 saturated heterocycles. The zero-order valence-electron chi connectivity index (χ0n) is 3.83. The van der Waals surface area contributed by atoms with Crippen molar-refractivity contribution in [1.82, 2.24) is 0 Å². The number of aliphatic imine (C=N–C) groups is 2. The van der Waals surface area contributed by atoms with Crippen LogP contribution in [0.3, 0.4) is 0 Å². The van der Waals surface area contributed by atoms with Gasteiger partial charge in [0, 0.05) is 6.21 Å². The van der Waals surface area contributed by atoms with Crippen LogP contribution in [-0.4, -0.2) is 30.3 Å². The second-order valence-corrected chi connectivity index (χ2v) is 1.23. The van der Waals surface area contributed by atoms with E-state index in [4.69, 9.17) is 5.11 Å². The fourth-order valence-electron chi connectivity index (χ4n) is 0.424. The third-order valence-electron chi connectivity index (χ3n) is 0.737. The van der Waals surface area contributed by atoms with E-state index in [-0.39, 0.29) is 6.61 Å². The summed E-state index contributed by atoms with van der Waals surface area (Å²) < 4.78 is 0. The van der Waals surface area contributed by atoms with Gasteiger partial charge >= 0.3 is 0 Å². The Morgan fingerprint density at radius 1 is 1.86 bits per heavy atom. The molecule has 0 atom stereocenters. The Morgan fingerprint density at radius 2 is 2.71 bits per heavy atom. The van der Waals surface area contributed by atoms with Gasteiger partial charge in [-0.2, -0.15) is 0 Å². The van der Waals surface area contributed by atoms with Gasteiger partial charge in [0.05, 0.1) is 6.54 Å². The fourth-order valence-corrected chi connectivity index (χ4v) is 0.424. The highest BCUT2D eigenvalue weighted by Crippen LogP contribution is 1.85. The first-order valence-electron chi connectivity index (χ1n) is 2.10. The van der Waals surface area contributed by atoms with Gasteiger partial charge in [0.15, 0.2) is 0 Å². The van der Waals surface area contributed by atoms with Crippen molar-refractivity contribution in [2.24, 2.45) is 9.98 Å². The molecule has 7 heavy (non-hydrogen) atoms. The first-order chi connectivity index (χ1) is 3.43. The van der Waals surface area contributed by atoms with E-state index < -0.39 is 0 Å². The van der Waals surface area contributed by atoms with E-state index in [0.717, 1.165) is 0 Å². The van der Waals surface area contributed by atoms with Crippen molar-refractivity contribution < 1.29 is 5.11 Å². The number of aliphatic hydroxyl groups is 1. The van der Waals surface area contributed by atoms with Gasteiger partial charge < -0.3 is 5.11 Å². The lowest BCUT2D eigenvalue weighted by molar-refractivity contribution is 0.356. The van der Waals surface area contributed by atoms with E-state index in [1.165, 1.54) is 0 Å². The van der Waals surface area contributed by atoms with Crippen LogP contribution in [0.25, 0.3) is 0 Å². The Balaban J connectivity index is 2.52. The molecule has 1 rings (SSSR count). The molecule has 0 aromatic carbocycles. The van der Waals surface area contributed by atoms with Crippen LogP contribution in [0.5, 0.6) is 0 Å². The molecule has 38 valence electrons. The molecule has 0 aromatic rings. The van der Waals surface area contributed by atoms with Crippen molar-refractivity contribution in [2.75, 3.05) is 13.2 Å². The Kier molecular flexibility index (Phi) is 1.17. The van der Waals surface area contributed by atoms with Gasteiger partial charge in [-0.25, -0.2) is 4.99 Å². The van der Waals surface area contributed by atoms with Crippen LogP contribution in [0.4, 0.5) is 0 Å². The van der Waals surface area contributed by atoms with Crippen LogP contribution >= 0.6 is 0 Å². The maximum absolute atomic E-state index is 8.32. The second-order valence-electron chi connectivity index (χ2n) is 1.23. The Labute approximate surface area is 41.4 Å². The first-order valence-corrected chi connectivity index (χ1v) is 2.10. The smallest absolute Gasteiger partial charge is 0.149 e. The molecule has 0 aliphatic carbocycles. The SMILES string of the molecule is OCC1=NCC=N1. The average molecular weight is 98.1 g/mol. The van der Waals surface area contributed by atoms with Crippen LogP contribution in [0.2, 0.25) is 0 Å². The van der Waals surface area contributed by atoms with Crippen LogP contribution in [0.15, 0.2) is 9.98 Å². The van der Waals surface area contributed by atoms with Crippen LogP contribution in [0, 0.1) is 0 Å². The van der Waals surface area contributed by atoms with Crippen molar-refractivity contribution in [3.05, 3.63) is 0 Å². The van der Waals surface area contributed by atoms with Crippen molar-refractivity contribution in [1.29, 1.82) is 0 Å². The average Bonchev–Trinajstić information content (AvgIpc) is 2.14. The topological polar surface area (TPSA) is 45.0 Å². The highest BCUT2D eigenvalue weighted by atomic mass is 16.3. The van der Waals surface area contributed by atoms with Gasteiger partial charge in [0.25, 0.3) is 0 Å². The minimum absolute atomic E-state index is 0.0313. The lowest BCUT2D eigenvalue weighted by Crippen LogP contribution is -1.95. The van der Waals surface area contributed by atoms with E-state index in [2.05, 4.69) is 9.98 Å². The summed E-state index contributed by atoms with van der Waals surface area (Å²) in [6, 6.07) is 0. The number of hydrogen-bond acceptors (Lipinski definition) is 3. The molecule has 0 radical (unpaired) electrons. The molecular weight excluding hydrogens is 92.1 g/mol. The summed E-state index contributed by atoms with van der Waals surface area (Å²) in [5.41, 5.74) is 0. The van der Waals surface area contributed by atoms with Gasteiger partial charge in [0.2, 0.25) is 0 Å². The van der Waals surface area contributed by atoms with E-state index in [9.17, 15) is 0 Å². The first kappa shape index (κ1) is 4.46. The number of amidine groups is 1. The molecule has 0 unspecified atom stereocenters. The molecule has 1 heterocycles. The van der Waals surface area contributed by atoms with Gasteiger partial charge in [-0.15, -0.1) is 0 Å². The van der Waals surface area contributed by atoms with Crippen molar-refractivity contribution in [3.8, 4) is 0 Å². The maximum atomic E-state index is 8.32. The molecule has 0 fully saturated rings. The highest BCUT2D eigenvalue weighted by molar-refractivity contribution is 5.95. The molecule has 1 aliphatic heterocycles. The summed E-state index contributed by atoms with van der Waals surface area (Å²) in [7, 11) is 0. The summed E-state index contributed by atoms with van der Waals surface area (Å²) in [5, 5.41) is 8.32. The molecule has 3 heteroatoms.